The van der Waals surface area contributed by atoms with E-state index in [1.165, 1.54) is 0 Å². The second-order valence-corrected chi connectivity index (χ2v) is 5.58. The van der Waals surface area contributed by atoms with E-state index in [1.807, 2.05) is 0 Å². The first kappa shape index (κ1) is 8.76. The minimum atomic E-state index is -3.84. The van der Waals surface area contributed by atoms with E-state index < -0.39 is 29.3 Å². The van der Waals surface area contributed by atoms with Crippen molar-refractivity contribution < 1.29 is 22.0 Å². The Kier molecular flexibility index (Phi) is 1.06. The molecule has 0 aromatic heterocycles. The molecule has 6 saturated carbocycles. The fraction of sp³-hybridized carbons (Fsp3) is 1.00. The van der Waals surface area contributed by atoms with Crippen molar-refractivity contribution in [3.63, 3.8) is 0 Å². The van der Waals surface area contributed by atoms with E-state index in [2.05, 4.69) is 0 Å². The topological polar surface area (TPSA) is 0 Å². The molecule has 2 unspecified atom stereocenters. The number of alkyl halides is 5. The van der Waals surface area contributed by atoms with Crippen LogP contribution in [-0.2, 0) is 0 Å². The summed E-state index contributed by atoms with van der Waals surface area (Å²) in [5, 5.41) is 0. The lowest BCUT2D eigenvalue weighted by Crippen LogP contribution is -2.11. The predicted molar refractivity (Wildman–Crippen MR) is 40.4 cm³/mol. The standard InChI is InChI=1S/C5H3F3.C5H6F2/c6-5(7,8)4-1-2(4)3(1)4;6-3-1-5(3)2-4(5)7/h1-3H;3-4H,1-2H2. The van der Waals surface area contributed by atoms with Crippen LogP contribution in [0.3, 0.4) is 0 Å². The molecule has 6 rings (SSSR count). The molecule has 2 atom stereocenters. The maximum Gasteiger partial charge on any atom is 0.395 e. The van der Waals surface area contributed by atoms with Crippen LogP contribution in [0.1, 0.15) is 12.8 Å². The average molecular weight is 224 g/mol. The summed E-state index contributed by atoms with van der Waals surface area (Å²) in [5.74, 6) is 0.340. The first-order valence-corrected chi connectivity index (χ1v) is 5.22. The smallest absolute Gasteiger partial charge is 0.247 e. The van der Waals surface area contributed by atoms with Gasteiger partial charge in [0.2, 0.25) is 0 Å². The Morgan fingerprint density at radius 3 is 1.20 bits per heavy atom. The summed E-state index contributed by atoms with van der Waals surface area (Å²) in [4.78, 5) is 0. The second kappa shape index (κ2) is 1.82. The van der Waals surface area contributed by atoms with E-state index in [0.29, 0.717) is 12.8 Å². The summed E-state index contributed by atoms with van der Waals surface area (Å²) >= 11 is 0. The van der Waals surface area contributed by atoms with Crippen LogP contribution in [0.5, 0.6) is 0 Å². The minimum Gasteiger partial charge on any atom is -0.247 e. The van der Waals surface area contributed by atoms with E-state index in [1.54, 1.807) is 0 Å². The minimum absolute atomic E-state index is 0.113. The Balaban J connectivity index is 0.0000000874. The van der Waals surface area contributed by atoms with Gasteiger partial charge in [-0.1, -0.05) is 0 Å². The van der Waals surface area contributed by atoms with E-state index in [-0.39, 0.29) is 17.8 Å². The van der Waals surface area contributed by atoms with Gasteiger partial charge in [-0.15, -0.1) is 0 Å². The molecule has 0 saturated heterocycles. The fourth-order valence-electron chi connectivity index (χ4n) is 3.00. The van der Waals surface area contributed by atoms with Crippen LogP contribution < -0.4 is 0 Å². The van der Waals surface area contributed by atoms with E-state index in [0.717, 1.165) is 0 Å². The number of halogens is 5. The number of rotatable bonds is 0. The molecule has 0 nitrogen and oxygen atoms in total. The Labute approximate surface area is 82.8 Å². The molecule has 84 valence electrons. The molecule has 15 heavy (non-hydrogen) atoms. The molecule has 0 aromatic carbocycles. The Bertz CT molecular complexity index is 318. The zero-order valence-electron chi connectivity index (χ0n) is 7.69. The lowest BCUT2D eigenvalue weighted by molar-refractivity contribution is -0.155. The first-order valence-electron chi connectivity index (χ1n) is 5.22. The molecule has 0 aromatic rings. The van der Waals surface area contributed by atoms with Crippen LogP contribution in [-0.4, -0.2) is 18.5 Å². The summed E-state index contributed by atoms with van der Waals surface area (Å²) in [6.45, 7) is 0. The molecular formula is C10H9F5. The Morgan fingerprint density at radius 1 is 0.867 bits per heavy atom. The van der Waals surface area contributed by atoms with Crippen LogP contribution in [0, 0.1) is 28.6 Å². The molecule has 0 N–H and O–H groups in total. The van der Waals surface area contributed by atoms with E-state index in [9.17, 15) is 22.0 Å². The summed E-state index contributed by atoms with van der Waals surface area (Å²) in [6, 6.07) is 0. The third-order valence-corrected chi connectivity index (χ3v) is 4.88. The average Bonchev–Trinajstić information content (AvgIpc) is 2.77. The maximum absolute atomic E-state index is 12.0. The van der Waals surface area contributed by atoms with E-state index in [4.69, 9.17) is 0 Å². The monoisotopic (exact) mass is 224 g/mol. The van der Waals surface area contributed by atoms with E-state index >= 15 is 0 Å². The molecule has 0 bridgehead atoms. The van der Waals surface area contributed by atoms with Crippen molar-refractivity contribution in [3.8, 4) is 0 Å². The van der Waals surface area contributed by atoms with Crippen LogP contribution in [0.15, 0.2) is 0 Å². The van der Waals surface area contributed by atoms with Gasteiger partial charge in [0.15, 0.2) is 0 Å². The van der Waals surface area contributed by atoms with Crippen molar-refractivity contribution in [2.24, 2.45) is 28.6 Å². The quantitative estimate of drug-likeness (QED) is 0.555. The summed E-state index contributed by atoms with van der Waals surface area (Å²) in [5.41, 5.74) is -1.48. The predicted octanol–water partition coefficient (Wildman–Crippen LogP) is 2.88. The van der Waals surface area contributed by atoms with Gasteiger partial charge in [0.25, 0.3) is 0 Å². The molecule has 6 fully saturated rings. The SMILES string of the molecule is FC(F)(F)C12C3C1C32.FC1CC12CC2F. The van der Waals surface area contributed by atoms with Crippen molar-refractivity contribution in [1.82, 2.24) is 0 Å². The largest absolute Gasteiger partial charge is 0.395 e. The van der Waals surface area contributed by atoms with Gasteiger partial charge in [-0.2, -0.15) is 13.2 Å². The van der Waals surface area contributed by atoms with Gasteiger partial charge < -0.3 is 0 Å². The molecule has 5 heteroatoms. The van der Waals surface area contributed by atoms with Crippen LogP contribution in [0.25, 0.3) is 0 Å². The van der Waals surface area contributed by atoms with Gasteiger partial charge >= 0.3 is 6.18 Å². The van der Waals surface area contributed by atoms with Gasteiger partial charge in [0, 0.05) is 5.41 Å². The van der Waals surface area contributed by atoms with Gasteiger partial charge in [0.05, 0.1) is 5.41 Å². The van der Waals surface area contributed by atoms with Crippen molar-refractivity contribution in [3.05, 3.63) is 0 Å². The number of hydrogen-bond acceptors (Lipinski definition) is 0. The molecule has 0 heterocycles. The molecular weight excluding hydrogens is 215 g/mol. The summed E-state index contributed by atoms with van der Waals surface area (Å²) in [7, 11) is 0. The number of hydrogen-bond donors (Lipinski definition) is 0. The second-order valence-electron chi connectivity index (χ2n) is 5.58. The van der Waals surface area contributed by atoms with Crippen LogP contribution in [0.2, 0.25) is 0 Å². The Hall–Kier alpha value is -0.350. The van der Waals surface area contributed by atoms with Gasteiger partial charge in [-0.05, 0) is 30.6 Å². The normalized spacial score (nSPS) is 69.0. The Morgan fingerprint density at radius 2 is 1.20 bits per heavy atom. The summed E-state index contributed by atoms with van der Waals surface area (Å²) < 4.78 is 59.0. The van der Waals surface area contributed by atoms with Crippen molar-refractivity contribution >= 4 is 0 Å². The molecule has 6 aliphatic carbocycles. The van der Waals surface area contributed by atoms with Crippen LogP contribution in [0.4, 0.5) is 22.0 Å². The van der Waals surface area contributed by atoms with Gasteiger partial charge in [0.1, 0.15) is 12.3 Å². The van der Waals surface area contributed by atoms with Gasteiger partial charge in [-0.25, -0.2) is 8.78 Å². The third kappa shape index (κ3) is 0.783. The molecule has 6 aliphatic rings. The zero-order valence-corrected chi connectivity index (χ0v) is 7.69. The highest BCUT2D eigenvalue weighted by Gasteiger charge is 3.16. The highest BCUT2D eigenvalue weighted by molar-refractivity contribution is 5.56. The van der Waals surface area contributed by atoms with Crippen LogP contribution >= 0.6 is 0 Å². The lowest BCUT2D eigenvalue weighted by atomic mass is 10.4. The molecule has 0 aliphatic heterocycles. The molecule has 0 radical (unpaired) electrons. The van der Waals surface area contributed by atoms with Crippen molar-refractivity contribution in [2.75, 3.05) is 0 Å². The van der Waals surface area contributed by atoms with Crippen molar-refractivity contribution in [2.45, 2.75) is 31.4 Å². The lowest BCUT2D eigenvalue weighted by Gasteiger charge is -2.00. The van der Waals surface area contributed by atoms with Crippen molar-refractivity contribution in [1.29, 1.82) is 0 Å². The fourth-order valence-corrected chi connectivity index (χ4v) is 3.00. The first-order chi connectivity index (χ1) is 6.87. The highest BCUT2D eigenvalue weighted by atomic mass is 19.4. The maximum atomic E-state index is 12.0. The third-order valence-electron chi connectivity index (χ3n) is 4.88. The van der Waals surface area contributed by atoms with Gasteiger partial charge in [-0.3, -0.25) is 0 Å². The molecule has 0 amide bonds. The highest BCUT2D eigenvalue weighted by Crippen LogP contribution is 3.12. The molecule has 1 spiro atoms. The summed E-state index contributed by atoms with van der Waals surface area (Å²) in [6.07, 6.45) is -4.43. The zero-order chi connectivity index (χ0) is 10.8.